The Morgan fingerprint density at radius 3 is 3.06 bits per heavy atom. The van der Waals surface area contributed by atoms with Crippen LogP contribution >= 0.6 is 0 Å². The largest absolute Gasteiger partial charge is 0.363 e. The molecule has 1 unspecified atom stereocenters. The topological polar surface area (TPSA) is 15.3 Å². The second-order valence-electron chi connectivity index (χ2n) is 5.03. The van der Waals surface area contributed by atoms with Gasteiger partial charge >= 0.3 is 0 Å². The van der Waals surface area contributed by atoms with Crippen molar-refractivity contribution in [2.75, 3.05) is 11.4 Å². The Balaban J connectivity index is 1.83. The first-order chi connectivity index (χ1) is 8.74. The van der Waals surface area contributed by atoms with E-state index in [-0.39, 0.29) is 0 Å². The summed E-state index contributed by atoms with van der Waals surface area (Å²) < 4.78 is 0. The van der Waals surface area contributed by atoms with Crippen molar-refractivity contribution in [2.45, 2.75) is 19.4 Å². The summed E-state index contributed by atoms with van der Waals surface area (Å²) in [5, 5.41) is 3.31. The molecule has 2 heteroatoms. The summed E-state index contributed by atoms with van der Waals surface area (Å²) in [4.78, 5) is 2.46. The Morgan fingerprint density at radius 1 is 1.39 bits per heavy atom. The molecular formula is C16H18N2. The minimum Gasteiger partial charge on any atom is -0.363 e. The van der Waals surface area contributed by atoms with Crippen LogP contribution in [-0.4, -0.2) is 12.6 Å². The molecule has 18 heavy (non-hydrogen) atoms. The van der Waals surface area contributed by atoms with Crippen LogP contribution in [0.2, 0.25) is 0 Å². The normalized spacial score (nSPS) is 21.6. The second kappa shape index (κ2) is 4.37. The number of nitrogens with zero attached hydrogens (tertiary/aromatic N) is 1. The molecule has 2 nitrogen and oxygen atoms in total. The van der Waals surface area contributed by atoms with Gasteiger partial charge in [0.2, 0.25) is 0 Å². The zero-order valence-electron chi connectivity index (χ0n) is 10.7. The first-order valence-electron chi connectivity index (χ1n) is 6.41. The number of dihydropyridines is 1. The molecule has 1 N–H and O–H groups in total. The Morgan fingerprint density at radius 2 is 2.22 bits per heavy atom. The zero-order valence-corrected chi connectivity index (χ0v) is 10.7. The van der Waals surface area contributed by atoms with Crippen LogP contribution in [0.25, 0.3) is 0 Å². The van der Waals surface area contributed by atoms with Crippen molar-refractivity contribution < 1.29 is 0 Å². The molecule has 0 saturated heterocycles. The van der Waals surface area contributed by atoms with Crippen molar-refractivity contribution in [3.63, 3.8) is 0 Å². The third kappa shape index (κ3) is 1.94. The number of hydrogen-bond acceptors (Lipinski definition) is 2. The number of allylic oxidation sites excluding steroid dienone is 3. The molecule has 1 aromatic rings. The predicted molar refractivity (Wildman–Crippen MR) is 76.5 cm³/mol. The number of para-hydroxylation sites is 1. The monoisotopic (exact) mass is 238 g/mol. The third-order valence-corrected chi connectivity index (χ3v) is 3.61. The molecule has 0 radical (unpaired) electrons. The summed E-state index contributed by atoms with van der Waals surface area (Å²) in [5.74, 6) is 0. The average Bonchev–Trinajstić information content (AvgIpc) is 2.66. The summed E-state index contributed by atoms with van der Waals surface area (Å²) in [5.41, 5.74) is 5.10. The van der Waals surface area contributed by atoms with Crippen LogP contribution in [-0.2, 0) is 6.42 Å². The molecular weight excluding hydrogens is 220 g/mol. The van der Waals surface area contributed by atoms with Gasteiger partial charge in [0.05, 0.1) is 6.54 Å². The van der Waals surface area contributed by atoms with Gasteiger partial charge in [-0.2, -0.15) is 0 Å². The Labute approximate surface area is 108 Å². The van der Waals surface area contributed by atoms with Gasteiger partial charge in [0.15, 0.2) is 0 Å². The van der Waals surface area contributed by atoms with E-state index in [2.05, 4.69) is 54.1 Å². The highest BCUT2D eigenvalue weighted by molar-refractivity contribution is 5.60. The summed E-state index contributed by atoms with van der Waals surface area (Å²) in [6, 6.07) is 9.24. The van der Waals surface area contributed by atoms with Crippen molar-refractivity contribution in [2.24, 2.45) is 0 Å². The van der Waals surface area contributed by atoms with Crippen LogP contribution in [0.15, 0.2) is 60.5 Å². The van der Waals surface area contributed by atoms with E-state index in [0.717, 1.165) is 18.5 Å². The average molecular weight is 238 g/mol. The molecule has 3 rings (SSSR count). The Bertz CT molecular complexity index is 540. The van der Waals surface area contributed by atoms with Crippen LogP contribution < -0.4 is 10.2 Å². The molecule has 0 aliphatic carbocycles. The summed E-state index contributed by atoms with van der Waals surface area (Å²) >= 11 is 0. The highest BCUT2D eigenvalue weighted by atomic mass is 15.2. The lowest BCUT2D eigenvalue weighted by molar-refractivity contribution is 0.686. The summed E-state index contributed by atoms with van der Waals surface area (Å²) in [6.07, 6.45) is 7.21. The van der Waals surface area contributed by atoms with Crippen LogP contribution in [0, 0.1) is 0 Å². The van der Waals surface area contributed by atoms with Gasteiger partial charge in [0.1, 0.15) is 0 Å². The molecule has 0 fully saturated rings. The molecule has 2 aliphatic rings. The van der Waals surface area contributed by atoms with E-state index in [9.17, 15) is 0 Å². The van der Waals surface area contributed by atoms with Gasteiger partial charge in [-0.3, -0.25) is 0 Å². The van der Waals surface area contributed by atoms with E-state index in [4.69, 9.17) is 0 Å². The molecule has 2 heterocycles. The number of nitrogens with one attached hydrogen (secondary N) is 1. The number of fused-ring (bicyclic) bond motifs is 1. The molecule has 0 bridgehead atoms. The Kier molecular flexibility index (Phi) is 2.71. The van der Waals surface area contributed by atoms with Crippen LogP contribution in [0.4, 0.5) is 5.69 Å². The van der Waals surface area contributed by atoms with E-state index >= 15 is 0 Å². The zero-order chi connectivity index (χ0) is 12.5. The molecule has 1 atom stereocenters. The van der Waals surface area contributed by atoms with E-state index in [1.807, 2.05) is 12.3 Å². The van der Waals surface area contributed by atoms with Gasteiger partial charge in [-0.25, -0.2) is 0 Å². The quantitative estimate of drug-likeness (QED) is 0.852. The predicted octanol–water partition coefficient (Wildman–Crippen LogP) is 2.99. The van der Waals surface area contributed by atoms with Crippen molar-refractivity contribution in [1.82, 2.24) is 5.32 Å². The number of anilines is 1. The second-order valence-corrected chi connectivity index (χ2v) is 5.03. The number of rotatable bonds is 2. The minimum absolute atomic E-state index is 0.560. The van der Waals surface area contributed by atoms with E-state index in [0.29, 0.717) is 6.04 Å². The van der Waals surface area contributed by atoms with Crippen molar-refractivity contribution in [3.8, 4) is 0 Å². The minimum atomic E-state index is 0.560. The van der Waals surface area contributed by atoms with Gasteiger partial charge in [0.25, 0.3) is 0 Å². The van der Waals surface area contributed by atoms with Crippen LogP contribution in [0.3, 0.4) is 0 Å². The molecule has 0 aromatic heterocycles. The summed E-state index contributed by atoms with van der Waals surface area (Å²) in [6.45, 7) is 7.18. The van der Waals surface area contributed by atoms with Gasteiger partial charge in [-0.05, 0) is 42.7 Å². The summed E-state index contributed by atoms with van der Waals surface area (Å²) in [7, 11) is 0. The van der Waals surface area contributed by atoms with Gasteiger partial charge in [0, 0.05) is 23.6 Å². The highest BCUT2D eigenvalue weighted by Crippen LogP contribution is 2.32. The third-order valence-electron chi connectivity index (χ3n) is 3.61. The van der Waals surface area contributed by atoms with E-state index in [1.165, 1.54) is 16.9 Å². The maximum atomic E-state index is 3.98. The molecule has 0 spiro atoms. The fourth-order valence-electron chi connectivity index (χ4n) is 2.71. The lowest BCUT2D eigenvalue weighted by Crippen LogP contribution is -2.34. The molecule has 1 aromatic carbocycles. The highest BCUT2D eigenvalue weighted by Gasteiger charge is 2.25. The molecule has 2 aliphatic heterocycles. The number of benzene rings is 1. The van der Waals surface area contributed by atoms with Crippen molar-refractivity contribution in [3.05, 3.63) is 66.0 Å². The van der Waals surface area contributed by atoms with Crippen LogP contribution in [0.1, 0.15) is 12.5 Å². The van der Waals surface area contributed by atoms with E-state index < -0.39 is 0 Å². The SMILES string of the molecule is C=C1C=CNC(CN2c3ccccc3CC2C)=C1. The van der Waals surface area contributed by atoms with Crippen LogP contribution in [0.5, 0.6) is 0 Å². The maximum Gasteiger partial charge on any atom is 0.0583 e. The lowest BCUT2D eigenvalue weighted by Gasteiger charge is -2.27. The van der Waals surface area contributed by atoms with Gasteiger partial charge in [-0.1, -0.05) is 24.8 Å². The van der Waals surface area contributed by atoms with Gasteiger partial charge in [-0.15, -0.1) is 0 Å². The van der Waals surface area contributed by atoms with Crippen molar-refractivity contribution in [1.29, 1.82) is 0 Å². The molecule has 92 valence electrons. The maximum absolute atomic E-state index is 3.98. The first kappa shape index (κ1) is 11.1. The van der Waals surface area contributed by atoms with E-state index in [1.54, 1.807) is 0 Å². The Hall–Kier alpha value is -1.96. The first-order valence-corrected chi connectivity index (χ1v) is 6.41. The standard InChI is InChI=1S/C16H18N2/c1-12-7-8-17-15(9-12)11-18-13(2)10-14-5-3-4-6-16(14)18/h3-9,13,17H,1,10-11H2,2H3. The molecule has 0 amide bonds. The smallest absolute Gasteiger partial charge is 0.0583 e. The van der Waals surface area contributed by atoms with Gasteiger partial charge < -0.3 is 10.2 Å². The van der Waals surface area contributed by atoms with Crippen molar-refractivity contribution >= 4 is 5.69 Å². The molecule has 0 saturated carbocycles. The number of hydrogen-bond donors (Lipinski definition) is 1. The fraction of sp³-hybridized carbons (Fsp3) is 0.250. The lowest BCUT2D eigenvalue weighted by atomic mass is 10.1. The fourth-order valence-corrected chi connectivity index (χ4v) is 2.71.